The Kier molecular flexibility index (Phi) is 4.38. The lowest BCUT2D eigenvalue weighted by Crippen LogP contribution is -2.18. The predicted octanol–water partition coefficient (Wildman–Crippen LogP) is 1.61. The maximum atomic E-state index is 13.0. The minimum absolute atomic E-state index is 0.399. The van der Waals surface area contributed by atoms with Gasteiger partial charge < -0.3 is 14.6 Å². The van der Waals surface area contributed by atoms with Gasteiger partial charge in [-0.3, -0.25) is 4.98 Å². The van der Waals surface area contributed by atoms with E-state index in [4.69, 9.17) is 9.26 Å². The predicted molar refractivity (Wildman–Crippen MR) is 63.3 cm³/mol. The molecule has 2 aromatic rings. The standard InChI is InChI=1S/C12H14FN3O2/c1-17-3-2-14-8-11-5-12(18-16-11)9-4-10(13)7-15-6-9/h4-7,14H,2-3,8H2,1H3. The van der Waals surface area contributed by atoms with Crippen LogP contribution in [0.2, 0.25) is 0 Å². The zero-order chi connectivity index (χ0) is 12.8. The summed E-state index contributed by atoms with van der Waals surface area (Å²) in [6.07, 6.45) is 2.68. The number of rotatable bonds is 6. The molecule has 0 saturated carbocycles. The maximum absolute atomic E-state index is 13.0. The Balaban J connectivity index is 1.97. The fraction of sp³-hybridized carbons (Fsp3) is 0.333. The van der Waals surface area contributed by atoms with E-state index < -0.39 is 5.82 Å². The molecule has 5 nitrogen and oxygen atoms in total. The van der Waals surface area contributed by atoms with E-state index in [2.05, 4.69) is 15.5 Å². The molecule has 96 valence electrons. The van der Waals surface area contributed by atoms with Gasteiger partial charge in [0.2, 0.25) is 0 Å². The van der Waals surface area contributed by atoms with E-state index >= 15 is 0 Å². The van der Waals surface area contributed by atoms with Crippen LogP contribution in [0.1, 0.15) is 5.69 Å². The lowest BCUT2D eigenvalue weighted by molar-refractivity contribution is 0.199. The Hall–Kier alpha value is -1.79. The molecule has 0 radical (unpaired) electrons. The number of methoxy groups -OCH3 is 1. The van der Waals surface area contributed by atoms with Crippen LogP contribution in [0.15, 0.2) is 29.0 Å². The SMILES string of the molecule is COCCNCc1cc(-c2cncc(F)c2)on1. The molecule has 0 aliphatic carbocycles. The summed E-state index contributed by atoms with van der Waals surface area (Å²) in [4.78, 5) is 3.76. The van der Waals surface area contributed by atoms with Gasteiger partial charge in [0, 0.05) is 38.0 Å². The second kappa shape index (κ2) is 6.23. The van der Waals surface area contributed by atoms with E-state index in [1.165, 1.54) is 12.3 Å². The highest BCUT2D eigenvalue weighted by Crippen LogP contribution is 2.19. The Morgan fingerprint density at radius 3 is 3.06 bits per heavy atom. The highest BCUT2D eigenvalue weighted by molar-refractivity contribution is 5.55. The summed E-state index contributed by atoms with van der Waals surface area (Å²) in [5, 5.41) is 7.03. The van der Waals surface area contributed by atoms with Crippen molar-refractivity contribution in [2.75, 3.05) is 20.3 Å². The minimum atomic E-state index is -0.399. The summed E-state index contributed by atoms with van der Waals surface area (Å²) in [6.45, 7) is 1.95. The van der Waals surface area contributed by atoms with Crippen LogP contribution in [0, 0.1) is 5.82 Å². The number of halogens is 1. The molecule has 0 saturated heterocycles. The largest absolute Gasteiger partial charge is 0.383 e. The maximum Gasteiger partial charge on any atom is 0.168 e. The summed E-state index contributed by atoms with van der Waals surface area (Å²) in [6, 6.07) is 3.12. The van der Waals surface area contributed by atoms with Crippen molar-refractivity contribution < 1.29 is 13.7 Å². The third kappa shape index (κ3) is 3.35. The molecule has 0 spiro atoms. The van der Waals surface area contributed by atoms with Gasteiger partial charge in [0.25, 0.3) is 0 Å². The van der Waals surface area contributed by atoms with Crippen LogP contribution in [-0.2, 0) is 11.3 Å². The summed E-state index contributed by atoms with van der Waals surface area (Å²) in [5.41, 5.74) is 1.33. The second-order valence-electron chi connectivity index (χ2n) is 3.74. The van der Waals surface area contributed by atoms with Crippen molar-refractivity contribution in [3.63, 3.8) is 0 Å². The molecule has 0 atom stereocenters. The Morgan fingerprint density at radius 2 is 2.28 bits per heavy atom. The van der Waals surface area contributed by atoms with Gasteiger partial charge in [-0.2, -0.15) is 0 Å². The highest BCUT2D eigenvalue weighted by atomic mass is 19.1. The van der Waals surface area contributed by atoms with Crippen molar-refractivity contribution in [2.45, 2.75) is 6.54 Å². The Bertz CT molecular complexity index is 502. The van der Waals surface area contributed by atoms with E-state index in [9.17, 15) is 4.39 Å². The van der Waals surface area contributed by atoms with E-state index in [1.54, 1.807) is 13.2 Å². The number of aromatic nitrogens is 2. The Morgan fingerprint density at radius 1 is 1.39 bits per heavy atom. The molecule has 1 N–H and O–H groups in total. The smallest absolute Gasteiger partial charge is 0.168 e. The molecule has 0 aliphatic heterocycles. The van der Waals surface area contributed by atoms with Crippen LogP contribution in [0.25, 0.3) is 11.3 Å². The van der Waals surface area contributed by atoms with E-state index in [0.717, 1.165) is 18.4 Å². The zero-order valence-corrected chi connectivity index (χ0v) is 10.0. The van der Waals surface area contributed by atoms with E-state index in [1.807, 2.05) is 0 Å². The second-order valence-corrected chi connectivity index (χ2v) is 3.74. The molecule has 0 amide bonds. The first-order chi connectivity index (χ1) is 8.79. The highest BCUT2D eigenvalue weighted by Gasteiger charge is 2.07. The molecular formula is C12H14FN3O2. The lowest BCUT2D eigenvalue weighted by Gasteiger charge is -1.99. The van der Waals surface area contributed by atoms with Gasteiger partial charge in [0.05, 0.1) is 18.5 Å². The fourth-order valence-electron chi connectivity index (χ4n) is 1.47. The number of nitrogens with one attached hydrogen (secondary N) is 1. The lowest BCUT2D eigenvalue weighted by atomic mass is 10.2. The van der Waals surface area contributed by atoms with Crippen molar-refractivity contribution in [1.82, 2.24) is 15.5 Å². The first-order valence-corrected chi connectivity index (χ1v) is 5.56. The quantitative estimate of drug-likeness (QED) is 0.790. The topological polar surface area (TPSA) is 60.2 Å². The van der Waals surface area contributed by atoms with Crippen LogP contribution in [0.4, 0.5) is 4.39 Å². The number of ether oxygens (including phenoxy) is 1. The van der Waals surface area contributed by atoms with Crippen molar-refractivity contribution in [3.05, 3.63) is 36.0 Å². The summed E-state index contributed by atoms with van der Waals surface area (Å²) < 4.78 is 23.0. The number of pyridine rings is 1. The van der Waals surface area contributed by atoms with Gasteiger partial charge in [0.1, 0.15) is 5.82 Å². The fourth-order valence-corrected chi connectivity index (χ4v) is 1.47. The molecule has 0 aromatic carbocycles. The number of hydrogen-bond acceptors (Lipinski definition) is 5. The molecule has 0 aliphatic rings. The van der Waals surface area contributed by atoms with E-state index in [-0.39, 0.29) is 0 Å². The summed E-state index contributed by atoms with van der Waals surface area (Å²) in [5.74, 6) is 0.106. The van der Waals surface area contributed by atoms with Crippen LogP contribution in [0.5, 0.6) is 0 Å². The van der Waals surface area contributed by atoms with Gasteiger partial charge >= 0.3 is 0 Å². The van der Waals surface area contributed by atoms with Gasteiger partial charge in [-0.25, -0.2) is 4.39 Å². The van der Waals surface area contributed by atoms with Crippen molar-refractivity contribution >= 4 is 0 Å². The van der Waals surface area contributed by atoms with Crippen molar-refractivity contribution in [1.29, 1.82) is 0 Å². The van der Waals surface area contributed by atoms with Crippen molar-refractivity contribution in [3.8, 4) is 11.3 Å². The number of hydrogen-bond donors (Lipinski definition) is 1. The molecule has 0 unspecified atom stereocenters. The van der Waals surface area contributed by atoms with Gasteiger partial charge in [-0.1, -0.05) is 5.16 Å². The molecule has 0 fully saturated rings. The molecule has 0 bridgehead atoms. The van der Waals surface area contributed by atoms with Crippen molar-refractivity contribution in [2.24, 2.45) is 0 Å². The average molecular weight is 251 g/mol. The molecular weight excluding hydrogens is 237 g/mol. The third-order valence-corrected chi connectivity index (χ3v) is 2.34. The van der Waals surface area contributed by atoms with Crippen LogP contribution < -0.4 is 5.32 Å². The van der Waals surface area contributed by atoms with E-state index in [0.29, 0.717) is 24.5 Å². The van der Waals surface area contributed by atoms with Crippen LogP contribution >= 0.6 is 0 Å². The average Bonchev–Trinajstić information content (AvgIpc) is 2.83. The minimum Gasteiger partial charge on any atom is -0.383 e. The zero-order valence-electron chi connectivity index (χ0n) is 10.0. The number of nitrogens with zero attached hydrogens (tertiary/aromatic N) is 2. The summed E-state index contributed by atoms with van der Waals surface area (Å²) >= 11 is 0. The monoisotopic (exact) mass is 251 g/mol. The van der Waals surface area contributed by atoms with Crippen LogP contribution in [0.3, 0.4) is 0 Å². The van der Waals surface area contributed by atoms with Crippen LogP contribution in [-0.4, -0.2) is 30.4 Å². The molecule has 2 aromatic heterocycles. The van der Waals surface area contributed by atoms with Gasteiger partial charge in [-0.05, 0) is 6.07 Å². The van der Waals surface area contributed by atoms with Gasteiger partial charge in [0.15, 0.2) is 5.76 Å². The molecule has 18 heavy (non-hydrogen) atoms. The third-order valence-electron chi connectivity index (χ3n) is 2.34. The first kappa shape index (κ1) is 12.7. The Labute approximate surface area is 104 Å². The molecule has 6 heteroatoms. The normalized spacial score (nSPS) is 10.8. The summed E-state index contributed by atoms with van der Waals surface area (Å²) in [7, 11) is 1.65. The molecule has 2 rings (SSSR count). The molecule has 2 heterocycles. The first-order valence-electron chi connectivity index (χ1n) is 5.56. The van der Waals surface area contributed by atoms with Gasteiger partial charge in [-0.15, -0.1) is 0 Å².